The lowest BCUT2D eigenvalue weighted by Gasteiger charge is -1.97. The quantitative estimate of drug-likeness (QED) is 0.705. The van der Waals surface area contributed by atoms with E-state index in [1.165, 1.54) is 0 Å². The molecule has 0 saturated carbocycles. The maximum Gasteiger partial charge on any atom is 0.428 e. The molecule has 1 rings (SSSR count). The van der Waals surface area contributed by atoms with Crippen molar-refractivity contribution < 1.29 is 17.2 Å². The van der Waals surface area contributed by atoms with Crippen molar-refractivity contribution in [1.29, 1.82) is 0 Å². The first-order chi connectivity index (χ1) is 5.58. The zero-order chi connectivity index (χ0) is 9.03. The molecule has 0 aromatic heterocycles. The number of rotatable bonds is 3. The van der Waals surface area contributed by atoms with Crippen LogP contribution in [0.5, 0.6) is 0 Å². The summed E-state index contributed by atoms with van der Waals surface area (Å²) < 4.78 is 34.1. The van der Waals surface area contributed by atoms with E-state index < -0.39 is 10.4 Å². The Kier molecular flexibility index (Phi) is 2.80. The van der Waals surface area contributed by atoms with Crippen LogP contribution < -0.4 is 0 Å². The Morgan fingerprint density at radius 1 is 1.17 bits per heavy atom. The van der Waals surface area contributed by atoms with Crippen molar-refractivity contribution in [2.45, 2.75) is 6.61 Å². The van der Waals surface area contributed by atoms with Crippen LogP contribution in [-0.4, -0.2) is 8.42 Å². The van der Waals surface area contributed by atoms with Gasteiger partial charge in [0, 0.05) is 0 Å². The molecule has 0 fully saturated rings. The molecule has 0 spiro atoms. The van der Waals surface area contributed by atoms with E-state index in [9.17, 15) is 13.0 Å². The standard InChI is InChI=1S/C7H7O4S/c8-12(9,10)11-6-7-4-2-1-3-5-7/h1-5H,6H2. The molecular formula is C7H7O4S. The van der Waals surface area contributed by atoms with Crippen LogP contribution in [0.25, 0.3) is 0 Å². The lowest BCUT2D eigenvalue weighted by Crippen LogP contribution is -2.01. The third-order valence-corrected chi connectivity index (χ3v) is 1.62. The van der Waals surface area contributed by atoms with Crippen molar-refractivity contribution in [1.82, 2.24) is 0 Å². The molecule has 1 aromatic carbocycles. The van der Waals surface area contributed by atoms with E-state index >= 15 is 0 Å². The predicted octanol–water partition coefficient (Wildman–Crippen LogP) is 0.879. The monoisotopic (exact) mass is 187 g/mol. The maximum atomic E-state index is 10.0. The molecule has 65 valence electrons. The van der Waals surface area contributed by atoms with Gasteiger partial charge in [-0.05, 0) is 5.56 Å². The van der Waals surface area contributed by atoms with Crippen LogP contribution in [0.3, 0.4) is 0 Å². The van der Waals surface area contributed by atoms with Gasteiger partial charge in [-0.15, -0.1) is 0 Å². The Bertz CT molecular complexity index is 330. The molecule has 12 heavy (non-hydrogen) atoms. The molecule has 0 N–H and O–H groups in total. The Balaban J connectivity index is 2.56. The van der Waals surface area contributed by atoms with Gasteiger partial charge in [0.2, 0.25) is 0 Å². The fourth-order valence-electron chi connectivity index (χ4n) is 0.714. The van der Waals surface area contributed by atoms with Crippen LogP contribution in [0.1, 0.15) is 5.56 Å². The molecule has 0 heterocycles. The van der Waals surface area contributed by atoms with E-state index in [-0.39, 0.29) is 6.61 Å². The summed E-state index contributed by atoms with van der Waals surface area (Å²) in [4.78, 5) is 0. The van der Waals surface area contributed by atoms with Gasteiger partial charge in [-0.1, -0.05) is 34.9 Å². The minimum absolute atomic E-state index is 0.202. The van der Waals surface area contributed by atoms with Crippen LogP contribution in [-0.2, 0) is 25.7 Å². The average Bonchev–Trinajstić information content (AvgIpc) is 2.02. The zero-order valence-electron chi connectivity index (χ0n) is 6.14. The van der Waals surface area contributed by atoms with Gasteiger partial charge in [0.05, 0.1) is 6.61 Å². The second-order valence-corrected chi connectivity index (χ2v) is 3.21. The van der Waals surface area contributed by atoms with Crippen molar-refractivity contribution in [2.75, 3.05) is 0 Å². The van der Waals surface area contributed by atoms with Crippen molar-refractivity contribution >= 4 is 10.4 Å². The van der Waals surface area contributed by atoms with E-state index in [0.717, 1.165) is 0 Å². The van der Waals surface area contributed by atoms with Crippen molar-refractivity contribution in [3.63, 3.8) is 0 Å². The SMILES string of the molecule is [O]S(=O)(=O)OCc1ccccc1. The molecule has 1 radical (unpaired) electrons. The van der Waals surface area contributed by atoms with Gasteiger partial charge in [0.15, 0.2) is 0 Å². The molecule has 0 saturated heterocycles. The lowest BCUT2D eigenvalue weighted by molar-refractivity contribution is 0.236. The van der Waals surface area contributed by atoms with Gasteiger partial charge in [0.25, 0.3) is 0 Å². The Morgan fingerprint density at radius 3 is 2.25 bits per heavy atom. The maximum absolute atomic E-state index is 10.0. The van der Waals surface area contributed by atoms with E-state index in [0.29, 0.717) is 5.56 Å². The highest BCUT2D eigenvalue weighted by atomic mass is 32.3. The average molecular weight is 187 g/mol. The van der Waals surface area contributed by atoms with Crippen molar-refractivity contribution in [3.8, 4) is 0 Å². The van der Waals surface area contributed by atoms with Crippen LogP contribution in [0.4, 0.5) is 0 Å². The summed E-state index contributed by atoms with van der Waals surface area (Å²) >= 11 is 0. The molecular weight excluding hydrogens is 180 g/mol. The number of benzene rings is 1. The summed E-state index contributed by atoms with van der Waals surface area (Å²) in [5.41, 5.74) is 0.650. The Labute approximate surface area is 70.7 Å². The highest BCUT2D eigenvalue weighted by Gasteiger charge is 2.05. The van der Waals surface area contributed by atoms with Gasteiger partial charge in [-0.25, -0.2) is 4.18 Å². The molecule has 4 nitrogen and oxygen atoms in total. The van der Waals surface area contributed by atoms with E-state index in [2.05, 4.69) is 4.18 Å². The summed E-state index contributed by atoms with van der Waals surface area (Å²) in [5, 5.41) is 0. The van der Waals surface area contributed by atoms with Gasteiger partial charge >= 0.3 is 10.4 Å². The molecule has 0 aliphatic heterocycles. The van der Waals surface area contributed by atoms with Crippen molar-refractivity contribution in [3.05, 3.63) is 35.9 Å². The van der Waals surface area contributed by atoms with E-state index in [1.807, 2.05) is 0 Å². The molecule has 0 aliphatic carbocycles. The first-order valence-corrected chi connectivity index (χ1v) is 4.55. The first kappa shape index (κ1) is 9.18. The molecule has 0 amide bonds. The van der Waals surface area contributed by atoms with Gasteiger partial charge in [-0.2, -0.15) is 8.42 Å². The minimum Gasteiger partial charge on any atom is -0.242 e. The summed E-state index contributed by atoms with van der Waals surface area (Å²) in [6.07, 6.45) is 0. The minimum atomic E-state index is -4.57. The smallest absolute Gasteiger partial charge is 0.242 e. The third-order valence-electron chi connectivity index (χ3n) is 1.21. The summed E-state index contributed by atoms with van der Waals surface area (Å²) in [5.74, 6) is 0. The van der Waals surface area contributed by atoms with Crippen molar-refractivity contribution in [2.24, 2.45) is 0 Å². The third kappa shape index (κ3) is 3.47. The topological polar surface area (TPSA) is 63.3 Å². The molecule has 1 aromatic rings. The fraction of sp³-hybridized carbons (Fsp3) is 0.143. The van der Waals surface area contributed by atoms with E-state index in [1.54, 1.807) is 30.3 Å². The Hall–Kier alpha value is -0.910. The first-order valence-electron chi connectivity index (χ1n) is 3.22. The van der Waals surface area contributed by atoms with Gasteiger partial charge in [0.1, 0.15) is 0 Å². The van der Waals surface area contributed by atoms with Crippen LogP contribution in [0, 0.1) is 0 Å². The fourth-order valence-corrected chi connectivity index (χ4v) is 0.995. The Morgan fingerprint density at radius 2 is 1.75 bits per heavy atom. The van der Waals surface area contributed by atoms with Crippen LogP contribution in [0.2, 0.25) is 0 Å². The lowest BCUT2D eigenvalue weighted by atomic mass is 10.2. The molecule has 0 unspecified atom stereocenters. The summed E-state index contributed by atoms with van der Waals surface area (Å²) in [6.45, 7) is -0.202. The van der Waals surface area contributed by atoms with E-state index in [4.69, 9.17) is 0 Å². The van der Waals surface area contributed by atoms with Crippen LogP contribution in [0.15, 0.2) is 30.3 Å². The highest BCUT2D eigenvalue weighted by molar-refractivity contribution is 7.80. The predicted molar refractivity (Wildman–Crippen MR) is 40.8 cm³/mol. The van der Waals surface area contributed by atoms with Crippen LogP contribution >= 0.6 is 0 Å². The molecule has 0 atom stereocenters. The normalized spacial score (nSPS) is 11.4. The second-order valence-electron chi connectivity index (χ2n) is 2.16. The highest BCUT2D eigenvalue weighted by Crippen LogP contribution is 2.02. The molecule has 0 aliphatic rings. The van der Waals surface area contributed by atoms with Gasteiger partial charge in [-0.3, -0.25) is 0 Å². The largest absolute Gasteiger partial charge is 0.428 e. The zero-order valence-corrected chi connectivity index (χ0v) is 6.95. The molecule has 5 heteroatoms. The number of hydrogen-bond donors (Lipinski definition) is 0. The summed E-state index contributed by atoms with van der Waals surface area (Å²) in [6, 6.07) is 8.60. The summed E-state index contributed by atoms with van der Waals surface area (Å²) in [7, 11) is -4.57. The number of hydrogen-bond acceptors (Lipinski definition) is 3. The molecule has 0 bridgehead atoms. The van der Waals surface area contributed by atoms with Gasteiger partial charge < -0.3 is 0 Å². The second kappa shape index (κ2) is 3.66.